The molecule has 0 bridgehead atoms. The Morgan fingerprint density at radius 1 is 1.43 bits per heavy atom. The summed E-state index contributed by atoms with van der Waals surface area (Å²) in [7, 11) is 0. The van der Waals surface area contributed by atoms with Crippen LogP contribution in [0, 0.1) is 0 Å². The lowest BCUT2D eigenvalue weighted by molar-refractivity contribution is -0.138. The molecule has 1 N–H and O–H groups in total. The molecule has 7 heteroatoms. The topological polar surface area (TPSA) is 68.3 Å². The third-order valence-corrected chi connectivity index (χ3v) is 3.34. The highest BCUT2D eigenvalue weighted by Gasteiger charge is 2.26. The molecule has 0 radical (unpaired) electrons. The van der Waals surface area contributed by atoms with Gasteiger partial charge in [-0.1, -0.05) is 23.2 Å². The van der Waals surface area contributed by atoms with E-state index in [1.807, 2.05) is 0 Å². The Labute approximate surface area is 132 Å². The Bertz CT molecular complexity index is 598. The van der Waals surface area contributed by atoms with Gasteiger partial charge >= 0.3 is 5.97 Å². The SMILES string of the molecule is CCOC(=O)/C(=C/NC1CC1)C(=O)c1ccc(Cl)nc1Cl. The number of hydrogen-bond acceptors (Lipinski definition) is 5. The van der Waals surface area contributed by atoms with Gasteiger partial charge in [0.15, 0.2) is 0 Å². The molecule has 0 amide bonds. The first-order valence-electron chi connectivity index (χ1n) is 6.53. The average Bonchev–Trinajstić information content (AvgIpc) is 3.23. The highest BCUT2D eigenvalue weighted by atomic mass is 35.5. The second kappa shape index (κ2) is 6.91. The number of carbonyl (C=O) groups excluding carboxylic acids is 2. The first-order valence-corrected chi connectivity index (χ1v) is 7.28. The summed E-state index contributed by atoms with van der Waals surface area (Å²) < 4.78 is 4.91. The zero-order valence-electron chi connectivity index (χ0n) is 11.4. The highest BCUT2D eigenvalue weighted by molar-refractivity contribution is 6.37. The quantitative estimate of drug-likeness (QED) is 0.217. The number of Topliss-reactive ketones (excluding diaryl/α,β-unsaturated/α-hetero) is 1. The molecule has 0 aliphatic heterocycles. The summed E-state index contributed by atoms with van der Waals surface area (Å²) in [5.41, 5.74) is 0.00717. The number of halogens is 2. The lowest BCUT2D eigenvalue weighted by atomic mass is 10.1. The maximum Gasteiger partial charge on any atom is 0.343 e. The number of aromatic nitrogens is 1. The third kappa shape index (κ3) is 4.19. The van der Waals surface area contributed by atoms with Crippen molar-refractivity contribution >= 4 is 35.0 Å². The summed E-state index contributed by atoms with van der Waals surface area (Å²) in [6, 6.07) is 3.18. The summed E-state index contributed by atoms with van der Waals surface area (Å²) in [5.74, 6) is -1.24. The minimum absolute atomic E-state index is 0.0471. The number of nitrogens with zero attached hydrogens (tertiary/aromatic N) is 1. The molecule has 1 fully saturated rings. The van der Waals surface area contributed by atoms with Gasteiger partial charge in [0.25, 0.3) is 0 Å². The van der Waals surface area contributed by atoms with Gasteiger partial charge in [0.1, 0.15) is 15.9 Å². The van der Waals surface area contributed by atoms with Gasteiger partial charge in [-0.25, -0.2) is 9.78 Å². The fourth-order valence-electron chi connectivity index (χ4n) is 1.60. The van der Waals surface area contributed by atoms with Crippen LogP contribution in [0.4, 0.5) is 0 Å². The summed E-state index contributed by atoms with van der Waals surface area (Å²) >= 11 is 11.6. The van der Waals surface area contributed by atoms with Crippen LogP contribution in [0.3, 0.4) is 0 Å². The Balaban J connectivity index is 2.27. The van der Waals surface area contributed by atoms with Crippen molar-refractivity contribution in [1.82, 2.24) is 10.3 Å². The normalized spacial score (nSPS) is 14.7. The van der Waals surface area contributed by atoms with Crippen LogP contribution in [-0.4, -0.2) is 29.4 Å². The van der Waals surface area contributed by atoms with Gasteiger partial charge in [-0.05, 0) is 31.9 Å². The molecule has 0 aromatic carbocycles. The van der Waals surface area contributed by atoms with Crippen molar-refractivity contribution in [1.29, 1.82) is 0 Å². The number of nitrogens with one attached hydrogen (secondary N) is 1. The fraction of sp³-hybridized carbons (Fsp3) is 0.357. The van der Waals surface area contributed by atoms with Crippen LogP contribution in [0.1, 0.15) is 30.1 Å². The van der Waals surface area contributed by atoms with Gasteiger partial charge in [-0.2, -0.15) is 0 Å². The van der Waals surface area contributed by atoms with Gasteiger partial charge in [0, 0.05) is 12.2 Å². The smallest absolute Gasteiger partial charge is 0.343 e. The maximum atomic E-state index is 12.4. The maximum absolute atomic E-state index is 12.4. The van der Waals surface area contributed by atoms with Gasteiger partial charge in [-0.3, -0.25) is 4.79 Å². The number of esters is 1. The summed E-state index contributed by atoms with van der Waals surface area (Å²) in [5, 5.41) is 3.13. The van der Waals surface area contributed by atoms with Crippen molar-refractivity contribution < 1.29 is 14.3 Å². The molecular formula is C14H14Cl2N2O3. The zero-order chi connectivity index (χ0) is 15.4. The standard InChI is InChI=1S/C14H14Cl2N2O3/c1-2-21-14(20)10(7-17-8-3-4-8)12(19)9-5-6-11(15)18-13(9)16/h5-8,17H,2-4H2,1H3/b10-7+. The van der Waals surface area contributed by atoms with Gasteiger partial charge in [0.05, 0.1) is 12.2 Å². The molecule has 1 aromatic heterocycles. The van der Waals surface area contributed by atoms with Crippen LogP contribution < -0.4 is 5.32 Å². The molecule has 0 unspecified atom stereocenters. The molecule has 1 aliphatic carbocycles. The molecule has 1 aliphatic rings. The molecule has 112 valence electrons. The van der Waals surface area contributed by atoms with Gasteiger partial charge < -0.3 is 10.1 Å². The number of ketones is 1. The van der Waals surface area contributed by atoms with E-state index in [2.05, 4.69) is 10.3 Å². The van der Waals surface area contributed by atoms with Gasteiger partial charge in [0.2, 0.25) is 5.78 Å². The van der Waals surface area contributed by atoms with Crippen molar-refractivity contribution in [2.45, 2.75) is 25.8 Å². The molecule has 1 heterocycles. The van der Waals surface area contributed by atoms with E-state index in [1.165, 1.54) is 18.3 Å². The van der Waals surface area contributed by atoms with E-state index in [0.29, 0.717) is 6.04 Å². The largest absolute Gasteiger partial charge is 0.462 e. The van der Waals surface area contributed by atoms with E-state index in [-0.39, 0.29) is 28.0 Å². The minimum Gasteiger partial charge on any atom is -0.462 e. The van der Waals surface area contributed by atoms with E-state index in [0.717, 1.165) is 12.8 Å². The Morgan fingerprint density at radius 3 is 2.71 bits per heavy atom. The highest BCUT2D eigenvalue weighted by Crippen LogP contribution is 2.22. The Kier molecular flexibility index (Phi) is 5.20. The molecule has 21 heavy (non-hydrogen) atoms. The lowest BCUT2D eigenvalue weighted by Gasteiger charge is -2.08. The molecular weight excluding hydrogens is 315 g/mol. The molecule has 0 spiro atoms. The van der Waals surface area contributed by atoms with Crippen molar-refractivity contribution in [3.8, 4) is 0 Å². The van der Waals surface area contributed by atoms with Crippen LogP contribution in [0.15, 0.2) is 23.9 Å². The molecule has 2 rings (SSSR count). The minimum atomic E-state index is -0.693. The molecule has 1 saturated carbocycles. The number of ether oxygens (including phenoxy) is 1. The predicted molar refractivity (Wildman–Crippen MR) is 79.5 cm³/mol. The molecule has 1 aromatic rings. The zero-order valence-corrected chi connectivity index (χ0v) is 12.9. The van der Waals surface area contributed by atoms with Crippen molar-refractivity contribution in [2.24, 2.45) is 0 Å². The number of carbonyl (C=O) groups is 2. The average molecular weight is 329 g/mol. The van der Waals surface area contributed by atoms with E-state index < -0.39 is 11.8 Å². The van der Waals surface area contributed by atoms with E-state index in [9.17, 15) is 9.59 Å². The first-order chi connectivity index (χ1) is 10.0. The number of hydrogen-bond donors (Lipinski definition) is 1. The monoisotopic (exact) mass is 328 g/mol. The van der Waals surface area contributed by atoms with Crippen molar-refractivity contribution in [2.75, 3.05) is 6.61 Å². The molecule has 0 atom stereocenters. The van der Waals surface area contributed by atoms with Crippen LogP contribution in [0.5, 0.6) is 0 Å². The van der Waals surface area contributed by atoms with E-state index in [4.69, 9.17) is 27.9 Å². The van der Waals surface area contributed by atoms with Crippen LogP contribution in [0.25, 0.3) is 0 Å². The Hall–Kier alpha value is -1.59. The Morgan fingerprint density at radius 2 is 2.14 bits per heavy atom. The first kappa shape index (κ1) is 15.8. The van der Waals surface area contributed by atoms with Gasteiger partial charge in [-0.15, -0.1) is 0 Å². The molecule has 0 saturated heterocycles. The lowest BCUT2D eigenvalue weighted by Crippen LogP contribution is -2.21. The van der Waals surface area contributed by atoms with Crippen LogP contribution >= 0.6 is 23.2 Å². The van der Waals surface area contributed by atoms with Crippen molar-refractivity contribution in [3.05, 3.63) is 39.8 Å². The fourth-order valence-corrected chi connectivity index (χ4v) is 2.03. The van der Waals surface area contributed by atoms with Crippen molar-refractivity contribution in [3.63, 3.8) is 0 Å². The third-order valence-electron chi connectivity index (χ3n) is 2.84. The summed E-state index contributed by atoms with van der Waals surface area (Å²) in [6.07, 6.45) is 3.43. The van der Waals surface area contributed by atoms with E-state index in [1.54, 1.807) is 6.92 Å². The number of pyridine rings is 1. The van der Waals surface area contributed by atoms with Crippen LogP contribution in [0.2, 0.25) is 10.3 Å². The van der Waals surface area contributed by atoms with Crippen LogP contribution in [-0.2, 0) is 9.53 Å². The van der Waals surface area contributed by atoms with E-state index >= 15 is 0 Å². The second-order valence-corrected chi connectivity index (χ2v) is 5.27. The summed E-state index contributed by atoms with van der Waals surface area (Å²) in [4.78, 5) is 28.2. The predicted octanol–water partition coefficient (Wildman–Crippen LogP) is 2.77. The second-order valence-electron chi connectivity index (χ2n) is 4.52. The molecule has 5 nitrogen and oxygen atoms in total. The summed E-state index contributed by atoms with van der Waals surface area (Å²) in [6.45, 7) is 1.85. The number of rotatable bonds is 6.